The maximum atomic E-state index is 13.3. The number of hydrogen-bond acceptors (Lipinski definition) is 4. The first-order chi connectivity index (χ1) is 20.6. The molecule has 3 aromatic rings. The van der Waals surface area contributed by atoms with E-state index in [9.17, 15) is 9.59 Å². The van der Waals surface area contributed by atoms with E-state index in [0.717, 1.165) is 48.5 Å². The fraction of sp³-hybridized carbons (Fsp3) is 0.389. The molecule has 222 valence electrons. The molecule has 0 unspecified atom stereocenters. The maximum absolute atomic E-state index is 13.3. The highest BCUT2D eigenvalue weighted by atomic mass is 16.5. The summed E-state index contributed by atoms with van der Waals surface area (Å²) in [6.07, 6.45) is 9.15. The van der Waals surface area contributed by atoms with Gasteiger partial charge in [0.1, 0.15) is 5.75 Å². The van der Waals surface area contributed by atoms with E-state index in [-0.39, 0.29) is 11.8 Å². The summed E-state index contributed by atoms with van der Waals surface area (Å²) in [5.74, 6) is 1.03. The second-order valence-corrected chi connectivity index (χ2v) is 10.9. The molecule has 6 heteroatoms. The molecule has 0 saturated carbocycles. The Kier molecular flexibility index (Phi) is 12.2. The van der Waals surface area contributed by atoms with Gasteiger partial charge in [-0.25, -0.2) is 0 Å². The Morgan fingerprint density at radius 3 is 2.29 bits per heavy atom. The number of carbonyl (C=O) groups is 2. The Bertz CT molecular complexity index is 1280. The molecule has 1 saturated heterocycles. The smallest absolute Gasteiger partial charge is 0.253 e. The van der Waals surface area contributed by atoms with Crippen molar-refractivity contribution in [2.45, 2.75) is 39.0 Å². The standard InChI is InChI=1S/C36H45N3O3/c1-3-4-6-12-30-18-20-33(21-19-30)36(41)39-27-24-37(25-28-39)23-26-38(35(40)29-31-13-7-5-8-14-31)22-11-16-32-15-9-10-17-34(32)42-2/h5,7-11,13-21H,3-4,6,12,22-29H2,1-2H3/b16-11+. The predicted molar refractivity (Wildman–Crippen MR) is 171 cm³/mol. The summed E-state index contributed by atoms with van der Waals surface area (Å²) in [4.78, 5) is 32.7. The van der Waals surface area contributed by atoms with E-state index in [1.54, 1.807) is 7.11 Å². The van der Waals surface area contributed by atoms with E-state index in [2.05, 4.69) is 24.0 Å². The van der Waals surface area contributed by atoms with Crippen molar-refractivity contribution in [3.63, 3.8) is 0 Å². The van der Waals surface area contributed by atoms with E-state index >= 15 is 0 Å². The van der Waals surface area contributed by atoms with Crippen LogP contribution in [0, 0.1) is 0 Å². The zero-order valence-corrected chi connectivity index (χ0v) is 25.2. The average molecular weight is 568 g/mol. The minimum atomic E-state index is 0.107. The lowest BCUT2D eigenvalue weighted by Gasteiger charge is -2.36. The van der Waals surface area contributed by atoms with Crippen LogP contribution in [0.15, 0.2) is 84.9 Å². The van der Waals surface area contributed by atoms with Crippen LogP contribution in [0.1, 0.15) is 53.2 Å². The molecule has 1 aliphatic heterocycles. The Morgan fingerprint density at radius 2 is 1.57 bits per heavy atom. The molecule has 3 aromatic carbocycles. The highest BCUT2D eigenvalue weighted by Crippen LogP contribution is 2.19. The molecule has 1 heterocycles. The highest BCUT2D eigenvalue weighted by molar-refractivity contribution is 5.94. The molecule has 42 heavy (non-hydrogen) atoms. The topological polar surface area (TPSA) is 53.1 Å². The zero-order valence-electron chi connectivity index (χ0n) is 25.2. The average Bonchev–Trinajstić information content (AvgIpc) is 3.03. The number of ether oxygens (including phenoxy) is 1. The van der Waals surface area contributed by atoms with Crippen molar-refractivity contribution in [3.05, 3.63) is 107 Å². The first kappa shape index (κ1) is 31.0. The van der Waals surface area contributed by atoms with Gasteiger partial charge in [0.25, 0.3) is 5.91 Å². The monoisotopic (exact) mass is 567 g/mol. The van der Waals surface area contributed by atoms with Gasteiger partial charge in [0.05, 0.1) is 13.5 Å². The van der Waals surface area contributed by atoms with Crippen molar-refractivity contribution >= 4 is 17.9 Å². The third kappa shape index (κ3) is 9.31. The maximum Gasteiger partial charge on any atom is 0.253 e. The van der Waals surface area contributed by atoms with Crippen molar-refractivity contribution in [2.75, 3.05) is 52.9 Å². The molecule has 0 atom stereocenters. The summed E-state index contributed by atoms with van der Waals surface area (Å²) in [6.45, 7) is 7.15. The van der Waals surface area contributed by atoms with Gasteiger partial charge >= 0.3 is 0 Å². The zero-order chi connectivity index (χ0) is 29.6. The van der Waals surface area contributed by atoms with Gasteiger partial charge in [-0.05, 0) is 42.2 Å². The SMILES string of the molecule is CCCCCc1ccc(C(=O)N2CCN(CCN(C/C=C/c3ccccc3OC)C(=O)Cc3ccccc3)CC2)cc1. The van der Waals surface area contributed by atoms with Crippen molar-refractivity contribution < 1.29 is 14.3 Å². The predicted octanol–water partition coefficient (Wildman–Crippen LogP) is 5.97. The molecular formula is C36H45N3O3. The minimum absolute atomic E-state index is 0.107. The molecule has 1 fully saturated rings. The summed E-state index contributed by atoms with van der Waals surface area (Å²) >= 11 is 0. The Balaban J connectivity index is 1.30. The molecule has 0 radical (unpaired) electrons. The summed E-state index contributed by atoms with van der Waals surface area (Å²) < 4.78 is 5.47. The van der Waals surface area contributed by atoms with Crippen molar-refractivity contribution in [2.24, 2.45) is 0 Å². The minimum Gasteiger partial charge on any atom is -0.496 e. The Hall–Kier alpha value is -3.90. The van der Waals surface area contributed by atoms with Gasteiger partial charge in [-0.15, -0.1) is 0 Å². The van der Waals surface area contributed by atoms with Crippen LogP contribution in [-0.2, 0) is 17.6 Å². The number of piperazine rings is 1. The van der Waals surface area contributed by atoms with E-state index < -0.39 is 0 Å². The molecule has 4 rings (SSSR count). The fourth-order valence-electron chi connectivity index (χ4n) is 5.32. The third-order valence-corrected chi connectivity index (χ3v) is 7.93. The molecule has 6 nitrogen and oxygen atoms in total. The second kappa shape index (κ2) is 16.5. The van der Waals surface area contributed by atoms with Crippen LogP contribution < -0.4 is 4.74 Å². The third-order valence-electron chi connectivity index (χ3n) is 7.93. The fourth-order valence-corrected chi connectivity index (χ4v) is 5.32. The Labute approximate surface area is 251 Å². The lowest BCUT2D eigenvalue weighted by atomic mass is 10.0. The highest BCUT2D eigenvalue weighted by Gasteiger charge is 2.23. The van der Waals surface area contributed by atoms with Crippen LogP contribution >= 0.6 is 0 Å². The van der Waals surface area contributed by atoms with Crippen molar-refractivity contribution in [1.82, 2.24) is 14.7 Å². The lowest BCUT2D eigenvalue weighted by molar-refractivity contribution is -0.130. The number of aryl methyl sites for hydroxylation is 1. The van der Waals surface area contributed by atoms with E-state index in [0.29, 0.717) is 32.6 Å². The molecule has 0 spiro atoms. The van der Waals surface area contributed by atoms with E-state index in [1.807, 2.05) is 88.7 Å². The van der Waals surface area contributed by atoms with Crippen LogP contribution in [0.3, 0.4) is 0 Å². The van der Waals surface area contributed by atoms with Gasteiger partial charge in [-0.2, -0.15) is 0 Å². The van der Waals surface area contributed by atoms with Crippen LogP contribution in [0.2, 0.25) is 0 Å². The summed E-state index contributed by atoms with van der Waals surface area (Å²) in [7, 11) is 1.67. The number of carbonyl (C=O) groups excluding carboxylic acids is 2. The number of nitrogens with zero attached hydrogens (tertiary/aromatic N) is 3. The van der Waals surface area contributed by atoms with Gasteiger partial charge in [-0.3, -0.25) is 14.5 Å². The first-order valence-electron chi connectivity index (χ1n) is 15.3. The molecular weight excluding hydrogens is 522 g/mol. The summed E-state index contributed by atoms with van der Waals surface area (Å²) in [5, 5.41) is 0. The number of para-hydroxylation sites is 1. The normalized spacial score (nSPS) is 13.8. The van der Waals surface area contributed by atoms with Crippen molar-refractivity contribution in [3.8, 4) is 5.75 Å². The number of rotatable bonds is 14. The molecule has 0 N–H and O–H groups in total. The van der Waals surface area contributed by atoms with Gasteiger partial charge in [-0.1, -0.05) is 92.6 Å². The van der Waals surface area contributed by atoms with Crippen LogP contribution in [0.25, 0.3) is 6.08 Å². The van der Waals surface area contributed by atoms with E-state index in [4.69, 9.17) is 4.74 Å². The number of methoxy groups -OCH3 is 1. The van der Waals surface area contributed by atoms with Gasteiger partial charge in [0, 0.05) is 56.9 Å². The number of benzene rings is 3. The molecule has 0 aliphatic carbocycles. The molecule has 0 bridgehead atoms. The van der Waals surface area contributed by atoms with Crippen LogP contribution in [0.5, 0.6) is 5.75 Å². The van der Waals surface area contributed by atoms with Gasteiger partial charge < -0.3 is 14.5 Å². The second-order valence-electron chi connectivity index (χ2n) is 10.9. The number of amides is 2. The van der Waals surface area contributed by atoms with E-state index in [1.165, 1.54) is 24.8 Å². The molecule has 0 aromatic heterocycles. The van der Waals surface area contributed by atoms with Gasteiger partial charge in [0.2, 0.25) is 5.91 Å². The largest absolute Gasteiger partial charge is 0.496 e. The molecule has 1 aliphatic rings. The summed E-state index contributed by atoms with van der Waals surface area (Å²) in [5.41, 5.74) is 4.07. The van der Waals surface area contributed by atoms with Gasteiger partial charge in [0.15, 0.2) is 0 Å². The number of hydrogen-bond donors (Lipinski definition) is 0. The summed E-state index contributed by atoms with van der Waals surface area (Å²) in [6, 6.07) is 25.9. The first-order valence-corrected chi connectivity index (χ1v) is 15.3. The number of unbranched alkanes of at least 4 members (excludes halogenated alkanes) is 2. The molecule has 2 amide bonds. The van der Waals surface area contributed by atoms with Crippen LogP contribution in [0.4, 0.5) is 0 Å². The van der Waals surface area contributed by atoms with Crippen LogP contribution in [-0.4, -0.2) is 79.4 Å². The lowest BCUT2D eigenvalue weighted by Crippen LogP contribution is -2.50. The quantitative estimate of drug-likeness (QED) is 0.225. The Morgan fingerprint density at radius 1 is 0.857 bits per heavy atom. The van der Waals surface area contributed by atoms with Crippen molar-refractivity contribution in [1.29, 1.82) is 0 Å².